The summed E-state index contributed by atoms with van der Waals surface area (Å²) in [5.74, 6) is 0.101. The van der Waals surface area contributed by atoms with Gasteiger partial charge in [0.1, 0.15) is 6.54 Å². The molecule has 5 heteroatoms. The molecule has 0 spiro atoms. The Morgan fingerprint density at radius 3 is 2.81 bits per heavy atom. The van der Waals surface area contributed by atoms with Crippen LogP contribution in [-0.2, 0) is 17.9 Å². The van der Waals surface area contributed by atoms with Crippen LogP contribution in [0.2, 0.25) is 5.02 Å². The molecule has 1 N–H and O–H groups in total. The number of carbonyl (C=O) groups is 1. The van der Waals surface area contributed by atoms with E-state index in [2.05, 4.69) is 12.2 Å². The lowest BCUT2D eigenvalue weighted by molar-refractivity contribution is -0.130. The zero-order chi connectivity index (χ0) is 15.4. The van der Waals surface area contributed by atoms with Crippen molar-refractivity contribution in [3.8, 4) is 0 Å². The lowest BCUT2D eigenvalue weighted by Crippen LogP contribution is -2.29. The van der Waals surface area contributed by atoms with Crippen molar-refractivity contribution in [1.82, 2.24) is 14.8 Å². The molecule has 0 aliphatic rings. The van der Waals surface area contributed by atoms with Crippen LogP contribution in [0.5, 0.6) is 0 Å². The third-order valence-electron chi connectivity index (χ3n) is 3.70. The second-order valence-corrected chi connectivity index (χ2v) is 5.57. The molecule has 4 nitrogen and oxygen atoms in total. The molecule has 1 heterocycles. The van der Waals surface area contributed by atoms with Crippen molar-refractivity contribution < 1.29 is 4.79 Å². The summed E-state index contributed by atoms with van der Waals surface area (Å²) in [4.78, 5) is 13.9. The largest absolute Gasteiger partial charge is 0.344 e. The second-order valence-electron chi connectivity index (χ2n) is 5.13. The van der Waals surface area contributed by atoms with Crippen molar-refractivity contribution in [2.24, 2.45) is 0 Å². The number of likely N-dealkylation sites (N-methyl/N-ethyl adjacent to an activating group) is 1. The molecule has 0 bridgehead atoms. The summed E-state index contributed by atoms with van der Waals surface area (Å²) < 4.78 is 1.99. The Morgan fingerprint density at radius 1 is 1.38 bits per heavy atom. The van der Waals surface area contributed by atoms with Gasteiger partial charge >= 0.3 is 0 Å². The maximum atomic E-state index is 12.2. The van der Waals surface area contributed by atoms with E-state index in [0.717, 1.165) is 24.0 Å². The molecule has 0 fully saturated rings. The van der Waals surface area contributed by atoms with Gasteiger partial charge in [0.15, 0.2) is 0 Å². The molecule has 0 unspecified atom stereocenters. The Bertz CT molecular complexity index is 636. The van der Waals surface area contributed by atoms with E-state index in [4.69, 9.17) is 11.6 Å². The first kappa shape index (κ1) is 15.9. The predicted molar refractivity (Wildman–Crippen MR) is 87.6 cm³/mol. The van der Waals surface area contributed by atoms with Gasteiger partial charge in [-0.15, -0.1) is 0 Å². The molecule has 1 amide bonds. The molecule has 0 radical (unpaired) electrons. The van der Waals surface area contributed by atoms with E-state index in [1.807, 2.05) is 42.9 Å². The van der Waals surface area contributed by atoms with E-state index in [1.54, 1.807) is 4.90 Å². The topological polar surface area (TPSA) is 37.3 Å². The van der Waals surface area contributed by atoms with Gasteiger partial charge in [-0.1, -0.05) is 24.6 Å². The average molecular weight is 308 g/mol. The molecule has 0 atom stereocenters. The fourth-order valence-corrected chi connectivity index (χ4v) is 2.48. The van der Waals surface area contributed by atoms with E-state index < -0.39 is 0 Å². The average Bonchev–Trinajstić information content (AvgIpc) is 2.81. The molecule has 0 saturated heterocycles. The Labute approximate surface area is 130 Å². The Balaban J connectivity index is 2.37. The predicted octanol–water partition coefficient (Wildman–Crippen LogP) is 2.88. The van der Waals surface area contributed by atoms with Gasteiger partial charge in [0, 0.05) is 36.7 Å². The molecular formula is C16H22ClN3O. The van der Waals surface area contributed by atoms with Crippen molar-refractivity contribution in [3.63, 3.8) is 0 Å². The number of halogens is 1. The van der Waals surface area contributed by atoms with Crippen LogP contribution in [0.4, 0.5) is 0 Å². The standard InChI is InChI=1S/C16H22ClN3O/c1-4-18-9-12-10-20(11-16(21)19(3)5-2)15-8-13(17)6-7-14(12)15/h6-8,10,18H,4-5,9,11H2,1-3H3. The number of carbonyl (C=O) groups excluding carboxylic acids is 1. The molecule has 21 heavy (non-hydrogen) atoms. The maximum Gasteiger partial charge on any atom is 0.242 e. The van der Waals surface area contributed by atoms with Crippen LogP contribution in [0.25, 0.3) is 10.9 Å². The fraction of sp³-hybridized carbons (Fsp3) is 0.438. The molecular weight excluding hydrogens is 286 g/mol. The van der Waals surface area contributed by atoms with E-state index in [1.165, 1.54) is 5.56 Å². The quantitative estimate of drug-likeness (QED) is 0.891. The number of nitrogens with one attached hydrogen (secondary N) is 1. The number of benzene rings is 1. The van der Waals surface area contributed by atoms with Gasteiger partial charge in [-0.2, -0.15) is 0 Å². The molecule has 1 aromatic heterocycles. The van der Waals surface area contributed by atoms with Crippen LogP contribution in [0.3, 0.4) is 0 Å². The minimum atomic E-state index is 0.101. The number of amides is 1. The Hall–Kier alpha value is -1.52. The van der Waals surface area contributed by atoms with E-state index in [0.29, 0.717) is 18.1 Å². The highest BCUT2D eigenvalue weighted by Gasteiger charge is 2.13. The van der Waals surface area contributed by atoms with E-state index in [9.17, 15) is 4.79 Å². The molecule has 1 aromatic carbocycles. The summed E-state index contributed by atoms with van der Waals surface area (Å²) in [5, 5.41) is 5.16. The van der Waals surface area contributed by atoms with Gasteiger partial charge in [0.05, 0.1) is 5.52 Å². The molecule has 2 aromatic rings. The highest BCUT2D eigenvalue weighted by molar-refractivity contribution is 6.31. The zero-order valence-electron chi connectivity index (χ0n) is 12.8. The van der Waals surface area contributed by atoms with Crippen LogP contribution in [0.1, 0.15) is 19.4 Å². The molecule has 0 aliphatic carbocycles. The summed E-state index contributed by atoms with van der Waals surface area (Å²) in [6.07, 6.45) is 2.05. The van der Waals surface area contributed by atoms with Gasteiger partial charge in [0.2, 0.25) is 5.91 Å². The highest BCUT2D eigenvalue weighted by Crippen LogP contribution is 2.25. The lowest BCUT2D eigenvalue weighted by atomic mass is 10.2. The van der Waals surface area contributed by atoms with Gasteiger partial charge < -0.3 is 14.8 Å². The van der Waals surface area contributed by atoms with Crippen LogP contribution in [0.15, 0.2) is 24.4 Å². The minimum absolute atomic E-state index is 0.101. The van der Waals surface area contributed by atoms with E-state index >= 15 is 0 Å². The Morgan fingerprint density at radius 2 is 2.14 bits per heavy atom. The number of rotatable bonds is 6. The van der Waals surface area contributed by atoms with Gasteiger partial charge in [-0.3, -0.25) is 4.79 Å². The van der Waals surface area contributed by atoms with Crippen molar-refractivity contribution in [1.29, 1.82) is 0 Å². The zero-order valence-corrected chi connectivity index (χ0v) is 13.6. The van der Waals surface area contributed by atoms with Crippen LogP contribution in [0, 0.1) is 0 Å². The summed E-state index contributed by atoms with van der Waals surface area (Å²) in [5.41, 5.74) is 2.20. The third kappa shape index (κ3) is 3.57. The maximum absolute atomic E-state index is 12.2. The monoisotopic (exact) mass is 307 g/mol. The highest BCUT2D eigenvalue weighted by atomic mass is 35.5. The van der Waals surface area contributed by atoms with Crippen molar-refractivity contribution in [3.05, 3.63) is 35.0 Å². The summed E-state index contributed by atoms with van der Waals surface area (Å²) in [6, 6.07) is 5.84. The number of hydrogen-bond donors (Lipinski definition) is 1. The fourth-order valence-electron chi connectivity index (χ4n) is 2.32. The molecule has 0 aliphatic heterocycles. The van der Waals surface area contributed by atoms with E-state index in [-0.39, 0.29) is 5.91 Å². The van der Waals surface area contributed by atoms with Gasteiger partial charge in [0.25, 0.3) is 0 Å². The Kier molecular flexibility index (Phi) is 5.26. The number of hydrogen-bond acceptors (Lipinski definition) is 2. The SMILES string of the molecule is CCNCc1cn(CC(=O)N(C)CC)c2cc(Cl)ccc12. The molecule has 2 rings (SSSR count). The summed E-state index contributed by atoms with van der Waals surface area (Å²) >= 11 is 6.11. The third-order valence-corrected chi connectivity index (χ3v) is 3.93. The first-order chi connectivity index (χ1) is 10.1. The molecule has 114 valence electrons. The van der Waals surface area contributed by atoms with Crippen molar-refractivity contribution >= 4 is 28.4 Å². The second kappa shape index (κ2) is 6.96. The minimum Gasteiger partial charge on any atom is -0.344 e. The summed E-state index contributed by atoms with van der Waals surface area (Å²) in [7, 11) is 1.82. The number of fused-ring (bicyclic) bond motifs is 1. The van der Waals surface area contributed by atoms with Crippen LogP contribution < -0.4 is 5.32 Å². The van der Waals surface area contributed by atoms with Gasteiger partial charge in [-0.25, -0.2) is 0 Å². The van der Waals surface area contributed by atoms with Crippen LogP contribution >= 0.6 is 11.6 Å². The summed E-state index contributed by atoms with van der Waals surface area (Å²) in [6.45, 7) is 6.81. The van der Waals surface area contributed by atoms with Crippen molar-refractivity contribution in [2.45, 2.75) is 26.9 Å². The van der Waals surface area contributed by atoms with Crippen LogP contribution in [-0.4, -0.2) is 35.5 Å². The first-order valence-electron chi connectivity index (χ1n) is 7.28. The van der Waals surface area contributed by atoms with Crippen molar-refractivity contribution in [2.75, 3.05) is 20.1 Å². The van der Waals surface area contributed by atoms with Gasteiger partial charge in [-0.05, 0) is 31.2 Å². The normalized spacial score (nSPS) is 11.0. The first-order valence-corrected chi connectivity index (χ1v) is 7.66. The molecule has 0 saturated carbocycles. The number of nitrogens with zero attached hydrogens (tertiary/aromatic N) is 2. The smallest absolute Gasteiger partial charge is 0.242 e. The number of aromatic nitrogens is 1. The lowest BCUT2D eigenvalue weighted by Gasteiger charge is -2.15.